The second-order valence-electron chi connectivity index (χ2n) is 8.45. The van der Waals surface area contributed by atoms with Gasteiger partial charge in [0.2, 0.25) is 5.88 Å². The third-order valence-electron chi connectivity index (χ3n) is 6.00. The van der Waals surface area contributed by atoms with Crippen molar-refractivity contribution in [1.82, 2.24) is 4.98 Å². The van der Waals surface area contributed by atoms with Crippen molar-refractivity contribution in [3.8, 4) is 17.1 Å². The molecule has 6 heteroatoms. The minimum atomic E-state index is -0.147. The molecule has 0 unspecified atom stereocenters. The smallest absolute Gasteiger partial charge is 0.213 e. The number of methoxy groups -OCH3 is 1. The second-order valence-corrected chi connectivity index (χ2v) is 8.45. The Hall–Kier alpha value is -3.28. The van der Waals surface area contributed by atoms with Gasteiger partial charge in [0.1, 0.15) is 5.82 Å². The van der Waals surface area contributed by atoms with Gasteiger partial charge in [-0.25, -0.2) is 9.37 Å². The Morgan fingerprint density at radius 3 is 2.16 bits per heavy atom. The van der Waals surface area contributed by atoms with Crippen LogP contribution in [-0.2, 0) is 0 Å². The Kier molecular flexibility index (Phi) is 6.49. The first-order valence-corrected chi connectivity index (χ1v) is 11.0. The first-order valence-electron chi connectivity index (χ1n) is 11.0. The Morgan fingerprint density at radius 2 is 1.53 bits per heavy atom. The summed E-state index contributed by atoms with van der Waals surface area (Å²) in [6, 6.07) is 17.9. The van der Waals surface area contributed by atoms with E-state index in [0.717, 1.165) is 60.8 Å². The summed E-state index contributed by atoms with van der Waals surface area (Å²) < 4.78 is 20.0. The van der Waals surface area contributed by atoms with Crippen LogP contribution in [0.15, 0.2) is 54.6 Å². The van der Waals surface area contributed by atoms with E-state index in [4.69, 9.17) is 9.72 Å². The molecule has 1 aromatic heterocycles. The fourth-order valence-corrected chi connectivity index (χ4v) is 4.20. The molecule has 1 fully saturated rings. The summed E-state index contributed by atoms with van der Waals surface area (Å²) in [4.78, 5) is 11.4. The van der Waals surface area contributed by atoms with Crippen LogP contribution in [0.5, 0.6) is 5.88 Å². The second kappa shape index (κ2) is 9.47. The van der Waals surface area contributed by atoms with Gasteiger partial charge in [0.05, 0.1) is 24.2 Å². The fourth-order valence-electron chi connectivity index (χ4n) is 4.20. The number of nitrogens with zero attached hydrogens (tertiary/aromatic N) is 4. The zero-order valence-electron chi connectivity index (χ0n) is 19.3. The predicted molar refractivity (Wildman–Crippen MR) is 131 cm³/mol. The highest BCUT2D eigenvalue weighted by molar-refractivity contribution is 5.77. The Morgan fingerprint density at radius 1 is 0.875 bits per heavy atom. The van der Waals surface area contributed by atoms with Crippen molar-refractivity contribution in [1.29, 1.82) is 0 Å². The molecule has 1 saturated heterocycles. The maximum Gasteiger partial charge on any atom is 0.213 e. The van der Waals surface area contributed by atoms with Crippen LogP contribution in [-0.4, -0.2) is 52.4 Å². The number of ether oxygens (including phenoxy) is 1. The summed E-state index contributed by atoms with van der Waals surface area (Å²) in [6.07, 6.45) is 0.943. The standard InChI is InChI=1S/C26H31FN4O/c1-19-6-11-23(22(27)18-19)30-14-5-15-31(17-16-30)24-12-13-25(32-4)28-26(24)20-7-9-21(10-8-20)29(2)3/h6-13,18H,5,14-17H2,1-4H3. The molecule has 0 saturated carbocycles. The van der Waals surface area contributed by atoms with E-state index >= 15 is 0 Å². The molecule has 4 rings (SSSR count). The van der Waals surface area contributed by atoms with E-state index in [9.17, 15) is 4.39 Å². The van der Waals surface area contributed by atoms with E-state index in [2.05, 4.69) is 45.0 Å². The Balaban J connectivity index is 1.61. The van der Waals surface area contributed by atoms with Crippen LogP contribution in [0.2, 0.25) is 0 Å². The van der Waals surface area contributed by atoms with Gasteiger partial charge in [0, 0.05) is 57.6 Å². The topological polar surface area (TPSA) is 31.8 Å². The first kappa shape index (κ1) is 21.9. The first-order chi connectivity index (χ1) is 15.5. The van der Waals surface area contributed by atoms with Gasteiger partial charge in [-0.3, -0.25) is 0 Å². The molecule has 32 heavy (non-hydrogen) atoms. The maximum atomic E-state index is 14.6. The predicted octanol–water partition coefficient (Wildman–Crippen LogP) is 4.99. The highest BCUT2D eigenvalue weighted by Gasteiger charge is 2.21. The normalized spacial score (nSPS) is 14.3. The Bertz CT molecular complexity index is 1070. The van der Waals surface area contributed by atoms with Gasteiger partial charge < -0.3 is 19.4 Å². The SMILES string of the molecule is COc1ccc(N2CCCN(c3ccc(C)cc3F)CC2)c(-c2ccc(N(C)C)cc2)n1. The fraction of sp³-hybridized carbons (Fsp3) is 0.346. The maximum absolute atomic E-state index is 14.6. The van der Waals surface area contributed by atoms with E-state index in [1.807, 2.05) is 39.2 Å². The highest BCUT2D eigenvalue weighted by Crippen LogP contribution is 2.33. The average Bonchev–Trinajstić information content (AvgIpc) is 3.05. The monoisotopic (exact) mass is 434 g/mol. The molecule has 0 N–H and O–H groups in total. The largest absolute Gasteiger partial charge is 0.481 e. The van der Waals surface area contributed by atoms with Crippen LogP contribution >= 0.6 is 0 Å². The van der Waals surface area contributed by atoms with E-state index < -0.39 is 0 Å². The summed E-state index contributed by atoms with van der Waals surface area (Å²) in [5.41, 5.74) is 5.81. The third-order valence-corrected chi connectivity index (χ3v) is 6.00. The van der Waals surface area contributed by atoms with Crippen molar-refractivity contribution in [3.05, 3.63) is 66.0 Å². The molecule has 3 aromatic rings. The van der Waals surface area contributed by atoms with Crippen molar-refractivity contribution in [2.45, 2.75) is 13.3 Å². The lowest BCUT2D eigenvalue weighted by molar-refractivity contribution is 0.398. The van der Waals surface area contributed by atoms with E-state index in [1.165, 1.54) is 0 Å². The van der Waals surface area contributed by atoms with E-state index in [1.54, 1.807) is 13.2 Å². The minimum absolute atomic E-state index is 0.147. The van der Waals surface area contributed by atoms with Crippen LogP contribution in [0.4, 0.5) is 21.5 Å². The van der Waals surface area contributed by atoms with Crippen molar-refractivity contribution >= 4 is 17.1 Å². The van der Waals surface area contributed by atoms with Gasteiger partial charge in [-0.15, -0.1) is 0 Å². The van der Waals surface area contributed by atoms with Crippen LogP contribution < -0.4 is 19.4 Å². The van der Waals surface area contributed by atoms with Crippen LogP contribution in [0, 0.1) is 12.7 Å². The van der Waals surface area contributed by atoms with Crippen molar-refractivity contribution < 1.29 is 9.13 Å². The summed E-state index contributed by atoms with van der Waals surface area (Å²) >= 11 is 0. The van der Waals surface area contributed by atoms with Gasteiger partial charge in [-0.2, -0.15) is 0 Å². The van der Waals surface area contributed by atoms with Gasteiger partial charge in [-0.1, -0.05) is 18.2 Å². The molecule has 2 aromatic carbocycles. The minimum Gasteiger partial charge on any atom is -0.481 e. The molecule has 0 radical (unpaired) electrons. The molecule has 168 valence electrons. The number of anilines is 3. The lowest BCUT2D eigenvalue weighted by Crippen LogP contribution is -2.31. The van der Waals surface area contributed by atoms with Crippen molar-refractivity contribution in [2.24, 2.45) is 0 Å². The molecule has 0 bridgehead atoms. The number of halogens is 1. The van der Waals surface area contributed by atoms with Gasteiger partial charge >= 0.3 is 0 Å². The lowest BCUT2D eigenvalue weighted by Gasteiger charge is -2.27. The highest BCUT2D eigenvalue weighted by atomic mass is 19.1. The average molecular weight is 435 g/mol. The molecular formula is C26H31FN4O. The molecule has 2 heterocycles. The molecule has 0 aliphatic carbocycles. The number of pyridine rings is 1. The molecule has 0 amide bonds. The quantitative estimate of drug-likeness (QED) is 0.565. The summed E-state index contributed by atoms with van der Waals surface area (Å²) in [7, 11) is 5.70. The molecule has 0 atom stereocenters. The lowest BCUT2D eigenvalue weighted by atomic mass is 10.1. The molecule has 1 aliphatic rings. The summed E-state index contributed by atoms with van der Waals surface area (Å²) in [5, 5.41) is 0. The van der Waals surface area contributed by atoms with Gasteiger partial charge in [0.25, 0.3) is 0 Å². The number of aryl methyl sites for hydroxylation is 1. The molecular weight excluding hydrogens is 403 g/mol. The molecule has 5 nitrogen and oxygen atoms in total. The number of benzene rings is 2. The van der Waals surface area contributed by atoms with Crippen molar-refractivity contribution in [3.63, 3.8) is 0 Å². The third kappa shape index (κ3) is 4.64. The van der Waals surface area contributed by atoms with E-state index in [0.29, 0.717) is 11.6 Å². The molecule has 0 spiro atoms. The number of hydrogen-bond acceptors (Lipinski definition) is 5. The zero-order valence-corrected chi connectivity index (χ0v) is 19.3. The summed E-state index contributed by atoms with van der Waals surface area (Å²) in [5.74, 6) is 0.449. The van der Waals surface area contributed by atoms with E-state index in [-0.39, 0.29) is 5.82 Å². The zero-order chi connectivity index (χ0) is 22.7. The number of aromatic nitrogens is 1. The van der Waals surface area contributed by atoms with Crippen molar-refractivity contribution in [2.75, 3.05) is 62.1 Å². The molecule has 1 aliphatic heterocycles. The number of hydrogen-bond donors (Lipinski definition) is 0. The van der Waals surface area contributed by atoms with Crippen LogP contribution in [0.25, 0.3) is 11.3 Å². The number of rotatable bonds is 5. The van der Waals surface area contributed by atoms with Crippen LogP contribution in [0.1, 0.15) is 12.0 Å². The van der Waals surface area contributed by atoms with Gasteiger partial charge in [-0.05, 0) is 49.2 Å². The summed E-state index contributed by atoms with van der Waals surface area (Å²) in [6.45, 7) is 5.18. The Labute approximate surface area is 190 Å². The van der Waals surface area contributed by atoms with Crippen LogP contribution in [0.3, 0.4) is 0 Å². The van der Waals surface area contributed by atoms with Gasteiger partial charge in [0.15, 0.2) is 0 Å².